The van der Waals surface area contributed by atoms with Gasteiger partial charge in [0.2, 0.25) is 5.91 Å². The van der Waals surface area contributed by atoms with Gasteiger partial charge in [0.15, 0.2) is 0 Å². The van der Waals surface area contributed by atoms with E-state index in [9.17, 15) is 14.0 Å². The van der Waals surface area contributed by atoms with Crippen LogP contribution in [0.5, 0.6) is 0 Å². The molecule has 7 nitrogen and oxygen atoms in total. The molecule has 3 aromatic carbocycles. The van der Waals surface area contributed by atoms with Crippen LogP contribution in [0.1, 0.15) is 42.1 Å². The van der Waals surface area contributed by atoms with Crippen molar-refractivity contribution in [2.75, 3.05) is 32.1 Å². The Kier molecular flexibility index (Phi) is 10.2. The maximum absolute atomic E-state index is 13.6. The number of methoxy groups -OCH3 is 1. The van der Waals surface area contributed by atoms with Gasteiger partial charge in [0.25, 0.3) is 5.91 Å². The van der Waals surface area contributed by atoms with Crippen molar-refractivity contribution in [1.82, 2.24) is 14.7 Å². The standard InChI is InChI=1S/C32H35FN4O3/c1-3-4-6-9-24-12-14-26(15-13-24)32(39)36(20-21-40-2)23-31(38)34-30-22-29(25-10-7-5-8-11-25)35-37(30)28-18-16-27(33)17-19-28/h5,7-8,10-19,22H,3-4,6,9,20-21,23H2,1-2H3,(H,34,38). The minimum absolute atomic E-state index is 0.171. The summed E-state index contributed by atoms with van der Waals surface area (Å²) in [5.74, 6) is -0.593. The highest BCUT2D eigenvalue weighted by Crippen LogP contribution is 2.25. The van der Waals surface area contributed by atoms with Gasteiger partial charge in [-0.05, 0) is 54.8 Å². The molecule has 0 unspecified atom stereocenters. The van der Waals surface area contributed by atoms with Crippen LogP contribution in [0.15, 0.2) is 84.9 Å². The number of halogens is 1. The van der Waals surface area contributed by atoms with E-state index in [4.69, 9.17) is 4.74 Å². The number of ether oxygens (including phenoxy) is 1. The van der Waals surface area contributed by atoms with Gasteiger partial charge in [-0.15, -0.1) is 0 Å². The number of rotatable bonds is 13. The molecule has 0 aliphatic heterocycles. The van der Waals surface area contributed by atoms with E-state index in [-0.39, 0.29) is 30.7 Å². The Bertz CT molecular complexity index is 1390. The number of nitrogens with zero attached hydrogens (tertiary/aromatic N) is 3. The maximum Gasteiger partial charge on any atom is 0.254 e. The van der Waals surface area contributed by atoms with Crippen LogP contribution in [0, 0.1) is 5.82 Å². The molecule has 0 aliphatic carbocycles. The van der Waals surface area contributed by atoms with Crippen LogP contribution >= 0.6 is 0 Å². The molecule has 0 saturated heterocycles. The molecule has 4 aromatic rings. The fourth-order valence-corrected chi connectivity index (χ4v) is 4.38. The monoisotopic (exact) mass is 542 g/mol. The summed E-state index contributed by atoms with van der Waals surface area (Å²) in [5, 5.41) is 7.56. The van der Waals surface area contributed by atoms with Crippen LogP contribution in [-0.2, 0) is 16.0 Å². The van der Waals surface area contributed by atoms with Crippen LogP contribution in [0.4, 0.5) is 10.2 Å². The van der Waals surface area contributed by atoms with Crippen molar-refractivity contribution in [3.8, 4) is 16.9 Å². The summed E-state index contributed by atoms with van der Waals surface area (Å²) >= 11 is 0. The number of hydrogen-bond acceptors (Lipinski definition) is 4. The number of amides is 2. The average molecular weight is 543 g/mol. The number of anilines is 1. The van der Waals surface area contributed by atoms with Crippen LogP contribution in [0.25, 0.3) is 16.9 Å². The second kappa shape index (κ2) is 14.2. The Hall–Kier alpha value is -4.30. The molecule has 0 bridgehead atoms. The van der Waals surface area contributed by atoms with E-state index < -0.39 is 0 Å². The molecular formula is C32H35FN4O3. The summed E-state index contributed by atoms with van der Waals surface area (Å²) in [6.07, 6.45) is 4.42. The lowest BCUT2D eigenvalue weighted by atomic mass is 10.0. The fourth-order valence-electron chi connectivity index (χ4n) is 4.38. The van der Waals surface area contributed by atoms with E-state index in [1.165, 1.54) is 29.0 Å². The van der Waals surface area contributed by atoms with Gasteiger partial charge in [-0.2, -0.15) is 5.10 Å². The van der Waals surface area contributed by atoms with Crippen molar-refractivity contribution in [3.63, 3.8) is 0 Å². The number of carbonyl (C=O) groups excluding carboxylic acids is 2. The number of nitrogens with one attached hydrogen (secondary N) is 1. The molecule has 0 atom stereocenters. The Balaban J connectivity index is 1.52. The van der Waals surface area contributed by atoms with Gasteiger partial charge in [0, 0.05) is 30.8 Å². The summed E-state index contributed by atoms with van der Waals surface area (Å²) in [4.78, 5) is 28.1. The number of carbonyl (C=O) groups is 2. The van der Waals surface area contributed by atoms with E-state index >= 15 is 0 Å². The van der Waals surface area contributed by atoms with Gasteiger partial charge in [-0.25, -0.2) is 9.07 Å². The lowest BCUT2D eigenvalue weighted by Crippen LogP contribution is -2.40. The molecule has 1 heterocycles. The first-order valence-corrected chi connectivity index (χ1v) is 13.6. The van der Waals surface area contributed by atoms with E-state index in [0.29, 0.717) is 29.4 Å². The number of benzene rings is 3. The van der Waals surface area contributed by atoms with Gasteiger partial charge in [0.05, 0.1) is 18.0 Å². The molecule has 208 valence electrons. The molecule has 0 spiro atoms. The third kappa shape index (κ3) is 7.64. The first kappa shape index (κ1) is 28.7. The lowest BCUT2D eigenvalue weighted by molar-refractivity contribution is -0.117. The van der Waals surface area contributed by atoms with Gasteiger partial charge < -0.3 is 15.0 Å². The molecule has 40 heavy (non-hydrogen) atoms. The second-order valence-corrected chi connectivity index (χ2v) is 9.59. The highest BCUT2D eigenvalue weighted by atomic mass is 19.1. The highest BCUT2D eigenvalue weighted by molar-refractivity contribution is 5.99. The Morgan fingerprint density at radius 1 is 0.975 bits per heavy atom. The molecule has 2 amide bonds. The summed E-state index contributed by atoms with van der Waals surface area (Å²) < 4.78 is 20.3. The predicted octanol–water partition coefficient (Wildman–Crippen LogP) is 6.14. The summed E-state index contributed by atoms with van der Waals surface area (Å²) in [6.45, 7) is 2.55. The van der Waals surface area contributed by atoms with Crippen LogP contribution in [0.2, 0.25) is 0 Å². The smallest absolute Gasteiger partial charge is 0.254 e. The number of aromatic nitrogens is 2. The summed E-state index contributed by atoms with van der Waals surface area (Å²) in [5.41, 5.74) is 3.81. The zero-order chi connectivity index (χ0) is 28.3. The Labute approximate surface area is 234 Å². The third-order valence-electron chi connectivity index (χ3n) is 6.57. The topological polar surface area (TPSA) is 76.5 Å². The minimum atomic E-state index is -0.386. The molecular weight excluding hydrogens is 507 g/mol. The van der Waals surface area contributed by atoms with E-state index in [2.05, 4.69) is 17.3 Å². The quantitative estimate of drug-likeness (QED) is 0.206. The fraction of sp³-hybridized carbons (Fsp3) is 0.281. The second-order valence-electron chi connectivity index (χ2n) is 9.59. The van der Waals surface area contributed by atoms with Crippen LogP contribution in [-0.4, -0.2) is 53.3 Å². The van der Waals surface area contributed by atoms with Crippen LogP contribution in [0.3, 0.4) is 0 Å². The van der Waals surface area contributed by atoms with Gasteiger partial charge in [0.1, 0.15) is 18.2 Å². The molecule has 0 fully saturated rings. The van der Waals surface area contributed by atoms with E-state index in [1.54, 1.807) is 30.0 Å². The lowest BCUT2D eigenvalue weighted by Gasteiger charge is -2.22. The molecule has 1 N–H and O–H groups in total. The maximum atomic E-state index is 13.6. The first-order valence-electron chi connectivity index (χ1n) is 13.6. The van der Waals surface area contributed by atoms with E-state index in [0.717, 1.165) is 24.8 Å². The third-order valence-corrected chi connectivity index (χ3v) is 6.57. The number of hydrogen-bond donors (Lipinski definition) is 1. The zero-order valence-electron chi connectivity index (χ0n) is 23.0. The largest absolute Gasteiger partial charge is 0.383 e. The van der Waals surface area contributed by atoms with Crippen molar-refractivity contribution in [3.05, 3.63) is 102 Å². The van der Waals surface area contributed by atoms with Crippen LogP contribution < -0.4 is 5.32 Å². The van der Waals surface area contributed by atoms with Crippen molar-refractivity contribution < 1.29 is 18.7 Å². The van der Waals surface area contributed by atoms with Crippen molar-refractivity contribution in [2.45, 2.75) is 32.6 Å². The van der Waals surface area contributed by atoms with Gasteiger partial charge in [-0.3, -0.25) is 9.59 Å². The molecule has 0 aliphatic rings. The predicted molar refractivity (Wildman–Crippen MR) is 155 cm³/mol. The highest BCUT2D eigenvalue weighted by Gasteiger charge is 2.21. The Morgan fingerprint density at radius 2 is 1.70 bits per heavy atom. The van der Waals surface area contributed by atoms with Crippen molar-refractivity contribution in [1.29, 1.82) is 0 Å². The number of unbranched alkanes of at least 4 members (excludes halogenated alkanes) is 2. The summed E-state index contributed by atoms with van der Waals surface area (Å²) in [6, 6.07) is 24.8. The normalized spacial score (nSPS) is 10.9. The molecule has 0 radical (unpaired) electrons. The first-order chi connectivity index (χ1) is 19.5. The minimum Gasteiger partial charge on any atom is -0.383 e. The van der Waals surface area contributed by atoms with Crippen molar-refractivity contribution in [2.24, 2.45) is 0 Å². The Morgan fingerprint density at radius 3 is 2.38 bits per heavy atom. The molecule has 1 aromatic heterocycles. The summed E-state index contributed by atoms with van der Waals surface area (Å²) in [7, 11) is 1.56. The SMILES string of the molecule is CCCCCc1ccc(C(=O)N(CCOC)CC(=O)Nc2cc(-c3ccccc3)nn2-c2ccc(F)cc2)cc1. The van der Waals surface area contributed by atoms with E-state index in [1.807, 2.05) is 54.6 Å². The van der Waals surface area contributed by atoms with Crippen molar-refractivity contribution >= 4 is 17.6 Å². The molecule has 0 saturated carbocycles. The zero-order valence-corrected chi connectivity index (χ0v) is 23.0. The van der Waals surface area contributed by atoms with Gasteiger partial charge >= 0.3 is 0 Å². The molecule has 8 heteroatoms. The average Bonchev–Trinajstić information content (AvgIpc) is 3.39. The van der Waals surface area contributed by atoms with Gasteiger partial charge in [-0.1, -0.05) is 62.2 Å². The molecule has 4 rings (SSSR count). The number of aryl methyl sites for hydroxylation is 1.